The Balaban J connectivity index is 2.07. The molecule has 1 aromatic carbocycles. The fourth-order valence-corrected chi connectivity index (χ4v) is 2.03. The van der Waals surface area contributed by atoms with Gasteiger partial charge in [-0.05, 0) is 49.9 Å². The van der Waals surface area contributed by atoms with E-state index in [1.54, 1.807) is 0 Å². The average Bonchev–Trinajstić information content (AvgIpc) is 2.59. The molecule has 0 heterocycles. The third-order valence-electron chi connectivity index (χ3n) is 2.83. The van der Waals surface area contributed by atoms with E-state index >= 15 is 0 Å². The number of aliphatic hydroxyl groups is 1. The summed E-state index contributed by atoms with van der Waals surface area (Å²) in [6.45, 7) is 1.94. The van der Waals surface area contributed by atoms with Crippen LogP contribution in [0, 0.1) is 6.92 Å². The zero-order valence-electron chi connectivity index (χ0n) is 8.74. The molecule has 15 heavy (non-hydrogen) atoms. The standard InChI is InChI=1S/C12H15ClO2/c1-8-7-9(5-6-10(8)13)15-12-4-2-3-11(12)14/h5-7,11-12,14H,2-4H2,1H3/t11-,12-/m1/s1. The average molecular weight is 227 g/mol. The summed E-state index contributed by atoms with van der Waals surface area (Å²) in [6, 6.07) is 5.58. The SMILES string of the molecule is Cc1cc(O[C@@H]2CCC[C@H]2O)ccc1Cl. The molecule has 0 aliphatic heterocycles. The van der Waals surface area contributed by atoms with E-state index in [-0.39, 0.29) is 12.2 Å². The zero-order chi connectivity index (χ0) is 10.8. The molecule has 1 aliphatic rings. The van der Waals surface area contributed by atoms with Crippen molar-refractivity contribution in [2.24, 2.45) is 0 Å². The Kier molecular flexibility index (Phi) is 3.17. The van der Waals surface area contributed by atoms with E-state index in [4.69, 9.17) is 16.3 Å². The minimum absolute atomic E-state index is 0.0504. The van der Waals surface area contributed by atoms with Crippen LogP contribution in [0.3, 0.4) is 0 Å². The van der Waals surface area contributed by atoms with Crippen molar-refractivity contribution in [1.82, 2.24) is 0 Å². The highest BCUT2D eigenvalue weighted by atomic mass is 35.5. The molecule has 0 unspecified atom stereocenters. The quantitative estimate of drug-likeness (QED) is 0.840. The maximum Gasteiger partial charge on any atom is 0.124 e. The molecule has 1 N–H and O–H groups in total. The van der Waals surface area contributed by atoms with Gasteiger partial charge < -0.3 is 9.84 Å². The molecule has 82 valence electrons. The molecular formula is C12H15ClO2. The van der Waals surface area contributed by atoms with Gasteiger partial charge in [-0.3, -0.25) is 0 Å². The van der Waals surface area contributed by atoms with Gasteiger partial charge in [-0.2, -0.15) is 0 Å². The van der Waals surface area contributed by atoms with Gasteiger partial charge in [0.15, 0.2) is 0 Å². The summed E-state index contributed by atoms with van der Waals surface area (Å²) < 4.78 is 5.71. The number of aryl methyl sites for hydroxylation is 1. The first-order valence-corrected chi connectivity index (χ1v) is 5.65. The van der Waals surface area contributed by atoms with E-state index < -0.39 is 0 Å². The Morgan fingerprint density at radius 3 is 2.80 bits per heavy atom. The molecule has 0 bridgehead atoms. The third kappa shape index (κ3) is 2.44. The second-order valence-electron chi connectivity index (χ2n) is 4.07. The van der Waals surface area contributed by atoms with Crippen molar-refractivity contribution in [1.29, 1.82) is 0 Å². The van der Waals surface area contributed by atoms with Gasteiger partial charge in [-0.1, -0.05) is 11.6 Å². The normalized spacial score (nSPS) is 25.5. The minimum atomic E-state index is -0.319. The Morgan fingerprint density at radius 2 is 2.20 bits per heavy atom. The topological polar surface area (TPSA) is 29.5 Å². The summed E-state index contributed by atoms with van der Waals surface area (Å²) >= 11 is 5.92. The van der Waals surface area contributed by atoms with Crippen molar-refractivity contribution < 1.29 is 9.84 Å². The zero-order valence-corrected chi connectivity index (χ0v) is 9.50. The number of aliphatic hydroxyl groups excluding tert-OH is 1. The van der Waals surface area contributed by atoms with Gasteiger partial charge >= 0.3 is 0 Å². The lowest BCUT2D eigenvalue weighted by Crippen LogP contribution is -2.25. The molecule has 2 rings (SSSR count). The Bertz CT molecular complexity index is 351. The van der Waals surface area contributed by atoms with Crippen LogP contribution in [0.1, 0.15) is 24.8 Å². The molecule has 3 heteroatoms. The second kappa shape index (κ2) is 4.42. The largest absolute Gasteiger partial charge is 0.488 e. The van der Waals surface area contributed by atoms with Crippen LogP contribution in [0.5, 0.6) is 5.75 Å². The summed E-state index contributed by atoms with van der Waals surface area (Å²) in [5.74, 6) is 0.794. The third-order valence-corrected chi connectivity index (χ3v) is 3.26. The second-order valence-corrected chi connectivity index (χ2v) is 4.47. The lowest BCUT2D eigenvalue weighted by molar-refractivity contribution is 0.0604. The summed E-state index contributed by atoms with van der Waals surface area (Å²) in [5.41, 5.74) is 1.00. The highest BCUT2D eigenvalue weighted by Gasteiger charge is 2.26. The van der Waals surface area contributed by atoms with Crippen LogP contribution in [-0.2, 0) is 0 Å². The fraction of sp³-hybridized carbons (Fsp3) is 0.500. The summed E-state index contributed by atoms with van der Waals surface area (Å²) in [6.07, 6.45) is 2.45. The van der Waals surface area contributed by atoms with Crippen molar-refractivity contribution in [2.75, 3.05) is 0 Å². The van der Waals surface area contributed by atoms with Gasteiger partial charge in [0.05, 0.1) is 6.10 Å². The van der Waals surface area contributed by atoms with E-state index in [0.29, 0.717) is 0 Å². The van der Waals surface area contributed by atoms with Crippen LogP contribution in [0.15, 0.2) is 18.2 Å². The monoisotopic (exact) mass is 226 g/mol. The highest BCUT2D eigenvalue weighted by Crippen LogP contribution is 2.27. The van der Waals surface area contributed by atoms with Gasteiger partial charge in [0.2, 0.25) is 0 Å². The van der Waals surface area contributed by atoms with Crippen LogP contribution in [0.4, 0.5) is 0 Å². The molecule has 0 saturated heterocycles. The molecule has 0 amide bonds. The van der Waals surface area contributed by atoms with Crippen molar-refractivity contribution >= 4 is 11.6 Å². The maximum absolute atomic E-state index is 9.62. The van der Waals surface area contributed by atoms with E-state index in [1.165, 1.54) is 0 Å². The van der Waals surface area contributed by atoms with Gasteiger partial charge in [0.25, 0.3) is 0 Å². The van der Waals surface area contributed by atoms with Crippen LogP contribution in [0.2, 0.25) is 5.02 Å². The molecular weight excluding hydrogens is 212 g/mol. The van der Waals surface area contributed by atoms with Crippen molar-refractivity contribution in [3.05, 3.63) is 28.8 Å². The molecule has 1 fully saturated rings. The van der Waals surface area contributed by atoms with Gasteiger partial charge in [0.1, 0.15) is 11.9 Å². The van der Waals surface area contributed by atoms with Gasteiger partial charge in [0, 0.05) is 5.02 Å². The molecule has 1 saturated carbocycles. The number of benzene rings is 1. The first kappa shape index (κ1) is 10.8. The Morgan fingerprint density at radius 1 is 1.40 bits per heavy atom. The first-order valence-electron chi connectivity index (χ1n) is 5.27. The molecule has 2 nitrogen and oxygen atoms in total. The molecule has 2 atom stereocenters. The number of ether oxygens (including phenoxy) is 1. The number of hydrogen-bond acceptors (Lipinski definition) is 2. The number of rotatable bonds is 2. The van der Waals surface area contributed by atoms with Crippen molar-refractivity contribution in [3.63, 3.8) is 0 Å². The fourth-order valence-electron chi connectivity index (χ4n) is 1.91. The van der Waals surface area contributed by atoms with Gasteiger partial charge in [-0.15, -0.1) is 0 Å². The van der Waals surface area contributed by atoms with Crippen molar-refractivity contribution in [2.45, 2.75) is 38.4 Å². The summed E-state index contributed by atoms with van der Waals surface area (Å²) in [7, 11) is 0. The van der Waals surface area contributed by atoms with Crippen LogP contribution in [-0.4, -0.2) is 17.3 Å². The summed E-state index contributed by atoms with van der Waals surface area (Å²) in [4.78, 5) is 0. The lowest BCUT2D eigenvalue weighted by atomic mass is 10.2. The van der Waals surface area contributed by atoms with E-state index in [9.17, 15) is 5.11 Å². The van der Waals surface area contributed by atoms with E-state index in [1.807, 2.05) is 25.1 Å². The van der Waals surface area contributed by atoms with Crippen LogP contribution >= 0.6 is 11.6 Å². The minimum Gasteiger partial charge on any atom is -0.488 e. The Hall–Kier alpha value is -0.730. The summed E-state index contributed by atoms with van der Waals surface area (Å²) in [5, 5.41) is 10.4. The first-order chi connectivity index (χ1) is 7.16. The van der Waals surface area contributed by atoms with Crippen molar-refractivity contribution in [3.8, 4) is 5.75 Å². The molecule has 0 aromatic heterocycles. The van der Waals surface area contributed by atoms with Gasteiger partial charge in [-0.25, -0.2) is 0 Å². The lowest BCUT2D eigenvalue weighted by Gasteiger charge is -2.17. The highest BCUT2D eigenvalue weighted by molar-refractivity contribution is 6.31. The maximum atomic E-state index is 9.62. The smallest absolute Gasteiger partial charge is 0.124 e. The number of hydrogen-bond donors (Lipinski definition) is 1. The van der Waals surface area contributed by atoms with Crippen LogP contribution < -0.4 is 4.74 Å². The van der Waals surface area contributed by atoms with Crippen LogP contribution in [0.25, 0.3) is 0 Å². The molecule has 1 aliphatic carbocycles. The predicted octanol–water partition coefficient (Wildman–Crippen LogP) is 2.94. The molecule has 0 spiro atoms. The molecule has 0 radical (unpaired) electrons. The Labute approximate surface area is 94.8 Å². The predicted molar refractivity (Wildman–Crippen MR) is 60.5 cm³/mol. The number of halogens is 1. The molecule has 1 aromatic rings. The van der Waals surface area contributed by atoms with E-state index in [0.717, 1.165) is 35.6 Å². The van der Waals surface area contributed by atoms with E-state index in [2.05, 4.69) is 0 Å².